The van der Waals surface area contributed by atoms with Crippen LogP contribution in [0.4, 0.5) is 0 Å². The summed E-state index contributed by atoms with van der Waals surface area (Å²) in [5.74, 6) is -0.238. The number of benzene rings is 1. The van der Waals surface area contributed by atoms with Crippen molar-refractivity contribution in [3.05, 3.63) is 41.1 Å². The molecule has 0 unspecified atom stereocenters. The number of nitrogens with zero attached hydrogens (tertiary/aromatic N) is 1. The monoisotopic (exact) mass is 363 g/mol. The maximum absolute atomic E-state index is 12.4. The molecule has 132 valence electrons. The van der Waals surface area contributed by atoms with E-state index >= 15 is 0 Å². The van der Waals surface area contributed by atoms with Crippen molar-refractivity contribution in [1.82, 2.24) is 4.57 Å². The lowest BCUT2D eigenvalue weighted by Crippen LogP contribution is -2.12. The van der Waals surface area contributed by atoms with Gasteiger partial charge in [0.05, 0.1) is 44.2 Å². The van der Waals surface area contributed by atoms with Crippen LogP contribution in [-0.4, -0.2) is 42.0 Å². The number of methoxy groups -OCH3 is 3. The van der Waals surface area contributed by atoms with Crippen LogP contribution in [0.1, 0.15) is 26.4 Å². The van der Waals surface area contributed by atoms with Gasteiger partial charge in [-0.2, -0.15) is 0 Å². The van der Waals surface area contributed by atoms with Crippen molar-refractivity contribution in [2.24, 2.45) is 0 Å². The van der Waals surface area contributed by atoms with Crippen molar-refractivity contribution < 1.29 is 28.0 Å². The smallest absolute Gasteiger partial charge is 0.340 e. The summed E-state index contributed by atoms with van der Waals surface area (Å²) in [7, 11) is 2.90. The highest BCUT2D eigenvalue weighted by molar-refractivity contribution is 7.83. The maximum Gasteiger partial charge on any atom is 0.340 e. The molecular formula is C17H17NO6S. The Bertz CT molecular complexity index is 868. The molecule has 0 spiro atoms. The lowest BCUT2D eigenvalue weighted by Gasteiger charge is -2.10. The lowest BCUT2D eigenvalue weighted by molar-refractivity contribution is 0.0556. The second-order valence-electron chi connectivity index (χ2n) is 5.40. The Hall–Kier alpha value is -2.61. The van der Waals surface area contributed by atoms with Crippen LogP contribution in [0.25, 0.3) is 11.3 Å². The van der Waals surface area contributed by atoms with Crippen molar-refractivity contribution in [3.63, 3.8) is 0 Å². The van der Waals surface area contributed by atoms with E-state index < -0.39 is 22.7 Å². The van der Waals surface area contributed by atoms with Crippen LogP contribution >= 0.6 is 0 Å². The van der Waals surface area contributed by atoms with E-state index in [0.717, 1.165) is 0 Å². The molecule has 0 fully saturated rings. The minimum Gasteiger partial charge on any atom is -0.497 e. The van der Waals surface area contributed by atoms with E-state index in [0.29, 0.717) is 22.7 Å². The molecule has 7 nitrogen and oxygen atoms in total. The van der Waals surface area contributed by atoms with Gasteiger partial charge in [0.25, 0.3) is 0 Å². The predicted molar refractivity (Wildman–Crippen MR) is 90.9 cm³/mol. The average molecular weight is 363 g/mol. The zero-order valence-electron chi connectivity index (χ0n) is 14.0. The second-order valence-corrected chi connectivity index (χ2v) is 6.82. The summed E-state index contributed by atoms with van der Waals surface area (Å²) in [5, 5.41) is 0. The summed E-state index contributed by atoms with van der Waals surface area (Å²) in [5.41, 5.74) is 1.96. The number of ether oxygens (including phenoxy) is 3. The fraction of sp³-hybridized carbons (Fsp3) is 0.294. The molecule has 1 atom stereocenters. The van der Waals surface area contributed by atoms with Crippen molar-refractivity contribution in [2.75, 3.05) is 21.3 Å². The Morgan fingerprint density at radius 3 is 2.16 bits per heavy atom. The maximum atomic E-state index is 12.4. The lowest BCUT2D eigenvalue weighted by atomic mass is 10.0. The minimum absolute atomic E-state index is 0.117. The number of esters is 2. The van der Waals surface area contributed by atoms with Crippen LogP contribution < -0.4 is 4.74 Å². The van der Waals surface area contributed by atoms with Crippen LogP contribution in [0.3, 0.4) is 0 Å². The molecule has 0 N–H and O–H groups in total. The van der Waals surface area contributed by atoms with E-state index in [1.54, 1.807) is 35.9 Å². The Labute approximate surface area is 146 Å². The summed E-state index contributed by atoms with van der Waals surface area (Å²) in [6, 6.07) is 7.05. The molecule has 2 aromatic rings. The van der Waals surface area contributed by atoms with Gasteiger partial charge in [-0.25, -0.2) is 9.59 Å². The summed E-state index contributed by atoms with van der Waals surface area (Å²) in [6.45, 7) is 0. The van der Waals surface area contributed by atoms with Gasteiger partial charge in [-0.05, 0) is 29.8 Å². The molecule has 0 bridgehead atoms. The SMILES string of the molecule is COC(=O)c1c(C(=O)OC)c(-c2ccc(OC)cc2)n2c1C[S@](=O)C2. The first-order chi connectivity index (χ1) is 12.0. The number of hydrogen-bond donors (Lipinski definition) is 0. The molecule has 25 heavy (non-hydrogen) atoms. The quantitative estimate of drug-likeness (QED) is 0.772. The number of carbonyl (C=O) groups excluding carboxylic acids is 2. The first-order valence-electron chi connectivity index (χ1n) is 7.43. The number of carbonyl (C=O) groups is 2. The van der Waals surface area contributed by atoms with Crippen LogP contribution in [-0.2, 0) is 31.9 Å². The summed E-state index contributed by atoms with van der Waals surface area (Å²) in [4.78, 5) is 24.7. The molecule has 0 radical (unpaired) electrons. The molecule has 0 saturated heterocycles. The third-order valence-corrected chi connectivity index (χ3v) is 5.23. The van der Waals surface area contributed by atoms with Crippen LogP contribution in [0.2, 0.25) is 0 Å². The van der Waals surface area contributed by atoms with E-state index in [1.807, 2.05) is 0 Å². The van der Waals surface area contributed by atoms with Gasteiger partial charge >= 0.3 is 11.9 Å². The Balaban J connectivity index is 2.30. The molecular weight excluding hydrogens is 346 g/mol. The Kier molecular flexibility index (Phi) is 4.63. The fourth-order valence-corrected chi connectivity index (χ4v) is 4.24. The molecule has 1 aliphatic rings. The topological polar surface area (TPSA) is 83.8 Å². The normalized spacial score (nSPS) is 15.6. The van der Waals surface area contributed by atoms with Gasteiger partial charge in [-0.3, -0.25) is 4.21 Å². The third kappa shape index (κ3) is 2.82. The summed E-state index contributed by atoms with van der Waals surface area (Å²) in [6.07, 6.45) is 0. The van der Waals surface area contributed by atoms with Crippen LogP contribution in [0.5, 0.6) is 5.75 Å². The molecule has 0 aliphatic carbocycles. The molecule has 8 heteroatoms. The van der Waals surface area contributed by atoms with E-state index in [4.69, 9.17) is 14.2 Å². The van der Waals surface area contributed by atoms with Gasteiger partial charge in [-0.15, -0.1) is 0 Å². The number of rotatable bonds is 4. The van der Waals surface area contributed by atoms with E-state index in [1.165, 1.54) is 14.2 Å². The van der Waals surface area contributed by atoms with Gasteiger partial charge in [0.15, 0.2) is 0 Å². The Morgan fingerprint density at radius 2 is 1.60 bits per heavy atom. The van der Waals surface area contributed by atoms with Crippen molar-refractivity contribution in [2.45, 2.75) is 11.6 Å². The molecule has 0 saturated carbocycles. The number of aromatic nitrogens is 1. The molecule has 1 aliphatic heterocycles. The first-order valence-corrected chi connectivity index (χ1v) is 8.92. The highest BCUT2D eigenvalue weighted by Crippen LogP contribution is 2.37. The van der Waals surface area contributed by atoms with Gasteiger partial charge in [0.1, 0.15) is 11.3 Å². The predicted octanol–water partition coefficient (Wildman–Crippen LogP) is 1.96. The summed E-state index contributed by atoms with van der Waals surface area (Å²) >= 11 is 0. The zero-order valence-corrected chi connectivity index (χ0v) is 14.8. The molecule has 1 aromatic heterocycles. The van der Waals surface area contributed by atoms with Crippen LogP contribution in [0, 0.1) is 0 Å². The highest BCUT2D eigenvalue weighted by Gasteiger charge is 2.36. The Morgan fingerprint density at radius 1 is 1.00 bits per heavy atom. The van der Waals surface area contributed by atoms with Crippen molar-refractivity contribution in [3.8, 4) is 17.0 Å². The standard InChI is InChI=1S/C17H17NO6S/c1-22-11-6-4-10(5-7-11)15-14(17(20)24-3)13(16(19)23-2)12-8-25(21)9-18(12)15/h4-7H,8-9H2,1-3H3/t25-/m0/s1. The van der Waals surface area contributed by atoms with E-state index in [-0.39, 0.29) is 22.8 Å². The molecule has 0 amide bonds. The van der Waals surface area contributed by atoms with Gasteiger partial charge in [0, 0.05) is 16.5 Å². The van der Waals surface area contributed by atoms with E-state index in [2.05, 4.69) is 0 Å². The summed E-state index contributed by atoms with van der Waals surface area (Å²) < 4.78 is 28.7. The molecule has 2 heterocycles. The average Bonchev–Trinajstić information content (AvgIpc) is 3.14. The van der Waals surface area contributed by atoms with Crippen molar-refractivity contribution in [1.29, 1.82) is 0 Å². The third-order valence-electron chi connectivity index (χ3n) is 4.08. The number of fused-ring (bicyclic) bond motifs is 1. The molecule has 1 aromatic carbocycles. The van der Waals surface area contributed by atoms with E-state index in [9.17, 15) is 13.8 Å². The van der Waals surface area contributed by atoms with Gasteiger partial charge < -0.3 is 18.8 Å². The van der Waals surface area contributed by atoms with Gasteiger partial charge in [0.2, 0.25) is 0 Å². The number of hydrogen-bond acceptors (Lipinski definition) is 6. The zero-order chi connectivity index (χ0) is 18.1. The van der Waals surface area contributed by atoms with Crippen LogP contribution in [0.15, 0.2) is 24.3 Å². The second kappa shape index (κ2) is 6.72. The minimum atomic E-state index is -1.15. The van der Waals surface area contributed by atoms with Gasteiger partial charge in [-0.1, -0.05) is 0 Å². The fourth-order valence-electron chi connectivity index (χ4n) is 2.97. The highest BCUT2D eigenvalue weighted by atomic mass is 32.2. The first kappa shape index (κ1) is 17.2. The van der Waals surface area contributed by atoms with Crippen molar-refractivity contribution >= 4 is 22.7 Å². The molecule has 3 rings (SSSR count). The largest absolute Gasteiger partial charge is 0.497 e.